The van der Waals surface area contributed by atoms with Gasteiger partial charge in [-0.05, 0) is 48.4 Å². The van der Waals surface area contributed by atoms with Crippen LogP contribution in [0.25, 0.3) is 0 Å². The Labute approximate surface area is 173 Å². The molecule has 5 nitrogen and oxygen atoms in total. The first-order valence-electron chi connectivity index (χ1n) is 8.69. The summed E-state index contributed by atoms with van der Waals surface area (Å²) in [4.78, 5) is 23.9. The Morgan fingerprint density at radius 2 is 1.61 bits per heavy atom. The average Bonchev–Trinajstić information content (AvgIpc) is 2.63. The van der Waals surface area contributed by atoms with E-state index in [-0.39, 0.29) is 29.1 Å². The highest BCUT2D eigenvalue weighted by Gasteiger charge is 2.09. The van der Waals surface area contributed by atoms with Crippen LogP contribution in [0.15, 0.2) is 42.5 Å². The van der Waals surface area contributed by atoms with Crippen molar-refractivity contribution in [3.63, 3.8) is 0 Å². The minimum absolute atomic E-state index is 0.105. The number of carbonyl (C=O) groups excluding carboxylic acids is 2. The first-order chi connectivity index (χ1) is 13.3. The van der Waals surface area contributed by atoms with Gasteiger partial charge in [0, 0.05) is 11.4 Å². The van der Waals surface area contributed by atoms with E-state index in [4.69, 9.17) is 16.3 Å². The van der Waals surface area contributed by atoms with Crippen molar-refractivity contribution in [2.24, 2.45) is 5.92 Å². The molecular weight excluding hydrogens is 403 g/mol. The Bertz CT molecular complexity index is 816. The Balaban J connectivity index is 1.73. The SMILES string of the molecule is CC(C)COc1ccc(NC(=O)CSCC(=O)Nc2ccc(F)cc2)cc1Cl. The number of anilines is 2. The first-order valence-corrected chi connectivity index (χ1v) is 10.2. The minimum atomic E-state index is -0.372. The number of rotatable bonds is 9. The van der Waals surface area contributed by atoms with Crippen LogP contribution in [0.5, 0.6) is 5.75 Å². The van der Waals surface area contributed by atoms with E-state index in [0.717, 1.165) is 0 Å². The molecule has 8 heteroatoms. The number of nitrogens with one attached hydrogen (secondary N) is 2. The smallest absolute Gasteiger partial charge is 0.234 e. The standard InChI is InChI=1S/C20H22ClFN2O3S/c1-13(2)10-27-18-8-7-16(9-17(18)21)24-20(26)12-28-11-19(25)23-15-5-3-14(22)4-6-15/h3-9,13H,10-12H2,1-2H3,(H,23,25)(H,24,26). The Hall–Kier alpha value is -2.25. The molecule has 0 bridgehead atoms. The van der Waals surface area contributed by atoms with Gasteiger partial charge in [-0.1, -0.05) is 25.4 Å². The molecule has 0 aliphatic heterocycles. The number of amides is 2. The number of ether oxygens (including phenoxy) is 1. The van der Waals surface area contributed by atoms with Crippen LogP contribution in [0.4, 0.5) is 15.8 Å². The predicted molar refractivity (Wildman–Crippen MR) is 113 cm³/mol. The molecule has 0 aromatic heterocycles. The van der Waals surface area contributed by atoms with Crippen molar-refractivity contribution < 1.29 is 18.7 Å². The van der Waals surface area contributed by atoms with Crippen molar-refractivity contribution in [1.29, 1.82) is 0 Å². The van der Waals surface area contributed by atoms with E-state index in [2.05, 4.69) is 10.6 Å². The molecule has 2 N–H and O–H groups in total. The summed E-state index contributed by atoms with van der Waals surface area (Å²) in [6.07, 6.45) is 0. The zero-order valence-electron chi connectivity index (χ0n) is 15.6. The van der Waals surface area contributed by atoms with Gasteiger partial charge in [0.2, 0.25) is 11.8 Å². The lowest BCUT2D eigenvalue weighted by atomic mass is 10.2. The van der Waals surface area contributed by atoms with Crippen molar-refractivity contribution in [3.8, 4) is 5.75 Å². The van der Waals surface area contributed by atoms with E-state index in [1.54, 1.807) is 18.2 Å². The van der Waals surface area contributed by atoms with Crippen molar-refractivity contribution in [1.82, 2.24) is 0 Å². The van der Waals surface area contributed by atoms with Crippen molar-refractivity contribution in [3.05, 3.63) is 53.3 Å². The molecular formula is C20H22ClFN2O3S. The maximum Gasteiger partial charge on any atom is 0.234 e. The summed E-state index contributed by atoms with van der Waals surface area (Å²) >= 11 is 7.35. The molecule has 0 radical (unpaired) electrons. The van der Waals surface area contributed by atoms with Gasteiger partial charge in [0.15, 0.2) is 0 Å². The molecule has 0 aliphatic carbocycles. The second-order valence-electron chi connectivity index (χ2n) is 6.45. The number of carbonyl (C=O) groups is 2. The van der Waals surface area contributed by atoms with Crippen LogP contribution in [-0.4, -0.2) is 29.9 Å². The van der Waals surface area contributed by atoms with Gasteiger partial charge < -0.3 is 15.4 Å². The third-order valence-electron chi connectivity index (χ3n) is 3.38. The van der Waals surface area contributed by atoms with Gasteiger partial charge >= 0.3 is 0 Å². The maximum absolute atomic E-state index is 12.8. The quantitative estimate of drug-likeness (QED) is 0.605. The van der Waals surface area contributed by atoms with Crippen molar-refractivity contribution in [2.75, 3.05) is 28.7 Å². The molecule has 0 atom stereocenters. The maximum atomic E-state index is 12.8. The Morgan fingerprint density at radius 1 is 1.04 bits per heavy atom. The van der Waals surface area contributed by atoms with E-state index in [1.807, 2.05) is 13.8 Å². The summed E-state index contributed by atoms with van der Waals surface area (Å²) in [7, 11) is 0. The fourth-order valence-electron chi connectivity index (χ4n) is 2.12. The molecule has 0 saturated heterocycles. The molecule has 2 rings (SSSR count). The summed E-state index contributed by atoms with van der Waals surface area (Å²) in [5.41, 5.74) is 1.06. The van der Waals surface area contributed by atoms with Crippen LogP contribution >= 0.6 is 23.4 Å². The predicted octanol–water partition coefficient (Wildman–Crippen LogP) is 4.82. The summed E-state index contributed by atoms with van der Waals surface area (Å²) in [6.45, 7) is 4.64. The second kappa shape index (κ2) is 10.9. The molecule has 2 aromatic rings. The summed E-state index contributed by atoms with van der Waals surface area (Å²) in [5.74, 6) is 0.287. The number of thioether (sulfide) groups is 1. The van der Waals surface area contributed by atoms with Gasteiger partial charge in [0.25, 0.3) is 0 Å². The molecule has 0 saturated carbocycles. The zero-order chi connectivity index (χ0) is 20.5. The first kappa shape index (κ1) is 22.0. The van der Waals surface area contributed by atoms with Crippen molar-refractivity contribution in [2.45, 2.75) is 13.8 Å². The highest BCUT2D eigenvalue weighted by molar-refractivity contribution is 8.00. The molecule has 2 amide bonds. The van der Waals surface area contributed by atoms with E-state index in [0.29, 0.717) is 34.7 Å². The molecule has 2 aromatic carbocycles. The van der Waals surface area contributed by atoms with Gasteiger partial charge in [-0.3, -0.25) is 9.59 Å². The monoisotopic (exact) mass is 424 g/mol. The lowest BCUT2D eigenvalue weighted by Gasteiger charge is -2.12. The number of halogens is 2. The fraction of sp³-hybridized carbons (Fsp3) is 0.300. The van der Waals surface area contributed by atoms with Crippen molar-refractivity contribution >= 4 is 46.6 Å². The minimum Gasteiger partial charge on any atom is -0.492 e. The molecule has 0 heterocycles. The number of hydrogen-bond acceptors (Lipinski definition) is 4. The van der Waals surface area contributed by atoms with Gasteiger partial charge in [-0.25, -0.2) is 4.39 Å². The van der Waals surface area contributed by atoms with E-state index >= 15 is 0 Å². The van der Waals surface area contributed by atoms with Crippen LogP contribution < -0.4 is 15.4 Å². The van der Waals surface area contributed by atoms with Gasteiger partial charge in [0.05, 0.1) is 23.1 Å². The summed E-state index contributed by atoms with van der Waals surface area (Å²) in [6, 6.07) is 10.5. The topological polar surface area (TPSA) is 67.4 Å². The lowest BCUT2D eigenvalue weighted by Crippen LogP contribution is -2.18. The van der Waals surface area contributed by atoms with Crippen LogP contribution in [-0.2, 0) is 9.59 Å². The third kappa shape index (κ3) is 7.78. The molecule has 0 unspecified atom stereocenters. The molecule has 150 valence electrons. The van der Waals surface area contributed by atoms with Gasteiger partial charge in [-0.2, -0.15) is 0 Å². The summed E-state index contributed by atoms with van der Waals surface area (Å²) < 4.78 is 18.4. The molecule has 28 heavy (non-hydrogen) atoms. The number of benzene rings is 2. The highest BCUT2D eigenvalue weighted by Crippen LogP contribution is 2.28. The second-order valence-corrected chi connectivity index (χ2v) is 7.84. The third-order valence-corrected chi connectivity index (χ3v) is 4.61. The number of hydrogen-bond donors (Lipinski definition) is 2. The van der Waals surface area contributed by atoms with E-state index in [9.17, 15) is 14.0 Å². The van der Waals surface area contributed by atoms with Crippen LogP contribution in [0.2, 0.25) is 5.02 Å². The van der Waals surface area contributed by atoms with E-state index in [1.165, 1.54) is 36.0 Å². The van der Waals surface area contributed by atoms with E-state index < -0.39 is 0 Å². The fourth-order valence-corrected chi connectivity index (χ4v) is 2.97. The molecule has 0 spiro atoms. The van der Waals surface area contributed by atoms with Crippen LogP contribution in [0.3, 0.4) is 0 Å². The normalized spacial score (nSPS) is 10.6. The zero-order valence-corrected chi connectivity index (χ0v) is 17.2. The van der Waals surface area contributed by atoms with Gasteiger partial charge in [-0.15, -0.1) is 11.8 Å². The molecule has 0 fully saturated rings. The van der Waals surface area contributed by atoms with Crippen LogP contribution in [0, 0.1) is 11.7 Å². The van der Waals surface area contributed by atoms with Gasteiger partial charge in [0.1, 0.15) is 11.6 Å². The Morgan fingerprint density at radius 3 is 2.18 bits per heavy atom. The average molecular weight is 425 g/mol. The molecule has 0 aliphatic rings. The van der Waals surface area contributed by atoms with Crippen LogP contribution in [0.1, 0.15) is 13.8 Å². The lowest BCUT2D eigenvalue weighted by molar-refractivity contribution is -0.114. The summed E-state index contributed by atoms with van der Waals surface area (Å²) in [5, 5.41) is 5.79. The highest BCUT2D eigenvalue weighted by atomic mass is 35.5. The largest absolute Gasteiger partial charge is 0.492 e. The Kier molecular flexibility index (Phi) is 8.60.